The van der Waals surface area contributed by atoms with Gasteiger partial charge in [-0.05, 0) is 46.5 Å². The summed E-state index contributed by atoms with van der Waals surface area (Å²) in [5, 5.41) is 5.03. The lowest BCUT2D eigenvalue weighted by Gasteiger charge is -2.41. The summed E-state index contributed by atoms with van der Waals surface area (Å²) in [6.07, 6.45) is 1.39. The van der Waals surface area contributed by atoms with Crippen molar-refractivity contribution >= 4 is 47.2 Å². The lowest BCUT2D eigenvalue weighted by atomic mass is 10.0. The molecule has 0 saturated carbocycles. The van der Waals surface area contributed by atoms with Gasteiger partial charge in [0.15, 0.2) is 0 Å². The Bertz CT molecular complexity index is 1340. The average Bonchev–Trinajstić information content (AvgIpc) is 3.29. The minimum atomic E-state index is -3.12. The first kappa shape index (κ1) is 25.4. The number of benzene rings is 3. The highest BCUT2D eigenvalue weighted by atomic mass is 28.4. The van der Waals surface area contributed by atoms with Crippen molar-refractivity contribution in [2.45, 2.75) is 38.7 Å². The molecule has 1 heterocycles. The molecule has 0 saturated heterocycles. The van der Waals surface area contributed by atoms with Crippen molar-refractivity contribution < 1.29 is 19.1 Å². The number of methoxy groups -OCH3 is 1. The molecule has 3 aromatic carbocycles. The van der Waals surface area contributed by atoms with Crippen molar-refractivity contribution in [3.05, 3.63) is 90.1 Å². The monoisotopic (exact) mass is 500 g/mol. The van der Waals surface area contributed by atoms with Crippen molar-refractivity contribution in [1.29, 1.82) is 0 Å². The topological polar surface area (TPSA) is 91.4 Å². The van der Waals surface area contributed by atoms with Gasteiger partial charge in [-0.25, -0.2) is 4.79 Å². The largest absolute Gasteiger partial charge is 0.465 e. The van der Waals surface area contributed by atoms with Crippen LogP contribution >= 0.6 is 0 Å². The summed E-state index contributed by atoms with van der Waals surface area (Å²) < 4.78 is 4.98. The summed E-state index contributed by atoms with van der Waals surface area (Å²) in [5.74, 6) is -0.683. The summed E-state index contributed by atoms with van der Waals surface area (Å²) in [6.45, 7) is 5.70. The SMILES string of the molecule is COC(=O)c1cc(NC(C)=O)cc2[nH]c(CCC(C)(C)[Si](O)(c3ccccc3)c3ccccc3)cc12. The molecule has 0 fully saturated rings. The molecule has 0 aliphatic heterocycles. The van der Waals surface area contributed by atoms with Crippen LogP contribution in [0.2, 0.25) is 5.04 Å². The minimum absolute atomic E-state index is 0.218. The predicted molar refractivity (Wildman–Crippen MR) is 146 cm³/mol. The third-order valence-corrected chi connectivity index (χ3v) is 11.4. The Morgan fingerprint density at radius 1 is 0.972 bits per heavy atom. The second kappa shape index (κ2) is 10.1. The van der Waals surface area contributed by atoms with Crippen molar-refractivity contribution in [2.24, 2.45) is 0 Å². The van der Waals surface area contributed by atoms with Crippen LogP contribution in [0.25, 0.3) is 10.9 Å². The van der Waals surface area contributed by atoms with Gasteiger partial charge in [0.2, 0.25) is 5.91 Å². The lowest BCUT2D eigenvalue weighted by Crippen LogP contribution is -2.65. The van der Waals surface area contributed by atoms with Gasteiger partial charge in [-0.3, -0.25) is 4.79 Å². The fourth-order valence-corrected chi connectivity index (χ4v) is 8.65. The van der Waals surface area contributed by atoms with Crippen molar-refractivity contribution in [3.8, 4) is 0 Å². The number of aromatic nitrogens is 1. The number of carbonyl (C=O) groups excluding carboxylic acids is 2. The Labute approximate surface area is 212 Å². The zero-order chi connectivity index (χ0) is 25.9. The van der Waals surface area contributed by atoms with Gasteiger partial charge < -0.3 is 19.8 Å². The molecule has 0 aliphatic rings. The molecule has 0 radical (unpaired) electrons. The van der Waals surface area contributed by atoms with Gasteiger partial charge in [-0.15, -0.1) is 0 Å². The molecule has 6 nitrogen and oxygen atoms in total. The van der Waals surface area contributed by atoms with Crippen LogP contribution in [0.4, 0.5) is 5.69 Å². The molecule has 0 spiro atoms. The number of carbonyl (C=O) groups is 2. The number of hydrogen-bond donors (Lipinski definition) is 3. The maximum absolute atomic E-state index is 12.5. The van der Waals surface area contributed by atoms with Crippen LogP contribution in [0.1, 0.15) is 43.2 Å². The highest BCUT2D eigenvalue weighted by molar-refractivity contribution is 6.98. The van der Waals surface area contributed by atoms with Gasteiger partial charge in [0, 0.05) is 29.2 Å². The van der Waals surface area contributed by atoms with E-state index in [0.29, 0.717) is 17.7 Å². The third kappa shape index (κ3) is 4.85. The molecule has 0 atom stereocenters. The molecule has 3 N–H and O–H groups in total. The summed E-state index contributed by atoms with van der Waals surface area (Å²) in [5.41, 5.74) is 2.60. The normalized spacial score (nSPS) is 11.9. The van der Waals surface area contributed by atoms with Gasteiger partial charge in [0.1, 0.15) is 0 Å². The maximum atomic E-state index is 12.5. The maximum Gasteiger partial charge on any atom is 0.338 e. The molecular weight excluding hydrogens is 468 g/mol. The van der Waals surface area contributed by atoms with Crippen LogP contribution in [0.5, 0.6) is 0 Å². The van der Waals surface area contributed by atoms with E-state index in [2.05, 4.69) is 24.1 Å². The molecule has 0 unspecified atom stereocenters. The van der Waals surface area contributed by atoms with Crippen LogP contribution < -0.4 is 15.7 Å². The van der Waals surface area contributed by atoms with E-state index in [1.807, 2.05) is 72.8 Å². The Hall–Kier alpha value is -3.68. The Kier molecular flexibility index (Phi) is 7.15. The van der Waals surface area contributed by atoms with Gasteiger partial charge in [-0.2, -0.15) is 0 Å². The zero-order valence-corrected chi connectivity index (χ0v) is 22.1. The van der Waals surface area contributed by atoms with E-state index in [-0.39, 0.29) is 5.91 Å². The molecule has 186 valence electrons. The molecule has 4 aromatic rings. The van der Waals surface area contributed by atoms with Crippen LogP contribution in [0.3, 0.4) is 0 Å². The zero-order valence-electron chi connectivity index (χ0n) is 21.1. The number of hydrogen-bond acceptors (Lipinski definition) is 4. The van der Waals surface area contributed by atoms with E-state index in [1.54, 1.807) is 6.07 Å². The van der Waals surface area contributed by atoms with E-state index < -0.39 is 19.3 Å². The van der Waals surface area contributed by atoms with Gasteiger partial charge >= 0.3 is 5.97 Å². The average molecular weight is 501 g/mol. The van der Waals surface area contributed by atoms with E-state index >= 15 is 0 Å². The first-order chi connectivity index (χ1) is 17.2. The van der Waals surface area contributed by atoms with Crippen LogP contribution in [-0.4, -0.2) is 37.1 Å². The van der Waals surface area contributed by atoms with E-state index in [9.17, 15) is 14.4 Å². The van der Waals surface area contributed by atoms with Gasteiger partial charge in [-0.1, -0.05) is 74.5 Å². The number of H-pyrrole nitrogens is 1. The Morgan fingerprint density at radius 2 is 1.56 bits per heavy atom. The van der Waals surface area contributed by atoms with E-state index in [1.165, 1.54) is 14.0 Å². The number of ether oxygens (including phenoxy) is 1. The summed E-state index contributed by atoms with van der Waals surface area (Å²) in [4.78, 5) is 39.9. The van der Waals surface area contributed by atoms with Gasteiger partial charge in [0.05, 0.1) is 12.7 Å². The number of aromatic amines is 1. The predicted octanol–water partition coefficient (Wildman–Crippen LogP) is 4.38. The molecule has 4 rings (SSSR count). The summed E-state index contributed by atoms with van der Waals surface area (Å²) in [7, 11) is -1.78. The Balaban J connectivity index is 1.69. The third-order valence-electron chi connectivity index (χ3n) is 6.90. The fourth-order valence-electron chi connectivity index (χ4n) is 4.92. The van der Waals surface area contributed by atoms with Crippen LogP contribution in [0.15, 0.2) is 78.9 Å². The van der Waals surface area contributed by atoms with E-state index in [0.717, 1.165) is 33.4 Å². The number of anilines is 1. The van der Waals surface area contributed by atoms with Crippen molar-refractivity contribution in [1.82, 2.24) is 4.98 Å². The highest BCUT2D eigenvalue weighted by Crippen LogP contribution is 2.40. The Morgan fingerprint density at radius 3 is 2.08 bits per heavy atom. The number of fused-ring (bicyclic) bond motifs is 1. The van der Waals surface area contributed by atoms with Crippen molar-refractivity contribution in [3.63, 3.8) is 0 Å². The smallest absolute Gasteiger partial charge is 0.338 e. The second-order valence-corrected chi connectivity index (χ2v) is 13.7. The quantitative estimate of drug-likeness (QED) is 0.247. The summed E-state index contributed by atoms with van der Waals surface area (Å²) >= 11 is 0. The molecule has 7 heteroatoms. The first-order valence-electron chi connectivity index (χ1n) is 12.0. The molecule has 0 aliphatic carbocycles. The number of nitrogens with one attached hydrogen (secondary N) is 2. The number of aryl methyl sites for hydroxylation is 1. The second-order valence-electron chi connectivity index (χ2n) is 9.78. The van der Waals surface area contributed by atoms with E-state index in [4.69, 9.17) is 4.74 Å². The minimum Gasteiger partial charge on any atom is -0.465 e. The number of esters is 1. The molecular formula is C29H32N2O4Si. The lowest BCUT2D eigenvalue weighted by molar-refractivity contribution is -0.114. The molecule has 36 heavy (non-hydrogen) atoms. The van der Waals surface area contributed by atoms with Gasteiger partial charge in [0.25, 0.3) is 8.32 Å². The fraction of sp³-hybridized carbons (Fsp3) is 0.241. The number of rotatable bonds is 8. The van der Waals surface area contributed by atoms with Crippen LogP contribution in [-0.2, 0) is 16.0 Å². The highest BCUT2D eigenvalue weighted by Gasteiger charge is 2.49. The molecule has 1 amide bonds. The summed E-state index contributed by atoms with van der Waals surface area (Å²) in [6, 6.07) is 25.3. The molecule has 0 bridgehead atoms. The molecule has 1 aromatic heterocycles. The van der Waals surface area contributed by atoms with Crippen LogP contribution in [0, 0.1) is 0 Å². The number of amides is 1. The standard InChI is InChI=1S/C29H32N2O4Si/c1-20(32)30-22-18-26(28(33)35-4)25-17-21(31-27(25)19-22)15-16-29(2,3)36(34,23-11-7-5-8-12-23)24-13-9-6-10-14-24/h5-14,17-19,31,34H,15-16H2,1-4H3,(H,30,32). The first-order valence-corrected chi connectivity index (χ1v) is 14.0. The van der Waals surface area contributed by atoms with Crippen molar-refractivity contribution in [2.75, 3.05) is 12.4 Å².